The third kappa shape index (κ3) is 3.26. The van der Waals surface area contributed by atoms with E-state index in [1.807, 2.05) is 0 Å². The molecule has 2 aromatic heterocycles. The van der Waals surface area contributed by atoms with E-state index in [9.17, 15) is 9.59 Å². The lowest BCUT2D eigenvalue weighted by molar-refractivity contribution is -0.121. The zero-order valence-electron chi connectivity index (χ0n) is 13.3. The normalized spacial score (nSPS) is 17.7. The lowest BCUT2D eigenvalue weighted by Crippen LogP contribution is -2.33. The first kappa shape index (κ1) is 15.7. The van der Waals surface area contributed by atoms with Crippen LogP contribution in [-0.4, -0.2) is 40.1 Å². The standard InChI is InChI=1S/C15H20N4O4/c1-9-13-10(2)23-18-14(13)15(21)19(17-9)6-5-12(20)16-8-11-4-3-7-22-11/h11H,3-8H2,1-2H3,(H,16,20). The number of amides is 1. The Bertz CT molecular complexity index is 774. The highest BCUT2D eigenvalue weighted by Gasteiger charge is 2.17. The number of aryl methyl sites for hydroxylation is 3. The summed E-state index contributed by atoms with van der Waals surface area (Å²) >= 11 is 0. The molecular formula is C15H20N4O4. The molecule has 0 radical (unpaired) electrons. The second-order valence-electron chi connectivity index (χ2n) is 5.77. The van der Waals surface area contributed by atoms with Crippen LogP contribution in [0.4, 0.5) is 0 Å². The van der Waals surface area contributed by atoms with Gasteiger partial charge in [0.1, 0.15) is 5.76 Å². The van der Waals surface area contributed by atoms with Crippen molar-refractivity contribution in [2.24, 2.45) is 0 Å². The van der Waals surface area contributed by atoms with E-state index in [4.69, 9.17) is 9.26 Å². The smallest absolute Gasteiger partial charge is 0.296 e. The van der Waals surface area contributed by atoms with Crippen molar-refractivity contribution < 1.29 is 14.1 Å². The first-order valence-corrected chi connectivity index (χ1v) is 7.78. The minimum atomic E-state index is -0.339. The third-order valence-electron chi connectivity index (χ3n) is 4.03. The number of fused-ring (bicyclic) bond motifs is 1. The summed E-state index contributed by atoms with van der Waals surface area (Å²) in [7, 11) is 0. The van der Waals surface area contributed by atoms with Gasteiger partial charge in [0.15, 0.2) is 5.52 Å². The fraction of sp³-hybridized carbons (Fsp3) is 0.600. The van der Waals surface area contributed by atoms with Gasteiger partial charge < -0.3 is 14.6 Å². The molecule has 23 heavy (non-hydrogen) atoms. The average molecular weight is 320 g/mol. The van der Waals surface area contributed by atoms with Crippen LogP contribution in [-0.2, 0) is 16.1 Å². The Balaban J connectivity index is 1.63. The van der Waals surface area contributed by atoms with Crippen LogP contribution in [0.15, 0.2) is 9.32 Å². The van der Waals surface area contributed by atoms with Gasteiger partial charge in [0.2, 0.25) is 5.91 Å². The highest BCUT2D eigenvalue weighted by Crippen LogP contribution is 2.16. The maximum atomic E-state index is 12.3. The number of carbonyl (C=O) groups is 1. The van der Waals surface area contributed by atoms with Gasteiger partial charge in [-0.15, -0.1) is 0 Å². The Morgan fingerprint density at radius 1 is 1.43 bits per heavy atom. The van der Waals surface area contributed by atoms with Gasteiger partial charge in [-0.2, -0.15) is 5.10 Å². The summed E-state index contributed by atoms with van der Waals surface area (Å²) in [6.07, 6.45) is 2.30. The fourth-order valence-corrected chi connectivity index (χ4v) is 2.82. The summed E-state index contributed by atoms with van der Waals surface area (Å²) in [6, 6.07) is 0. The number of rotatable bonds is 5. The molecule has 8 nitrogen and oxygen atoms in total. The molecule has 0 aliphatic carbocycles. The van der Waals surface area contributed by atoms with E-state index in [0.717, 1.165) is 19.4 Å². The van der Waals surface area contributed by atoms with E-state index in [0.29, 0.717) is 23.4 Å². The molecular weight excluding hydrogens is 300 g/mol. The fourth-order valence-electron chi connectivity index (χ4n) is 2.82. The summed E-state index contributed by atoms with van der Waals surface area (Å²) in [5, 5.41) is 11.5. The molecule has 1 aliphatic heterocycles. The van der Waals surface area contributed by atoms with Gasteiger partial charge in [-0.3, -0.25) is 9.59 Å². The quantitative estimate of drug-likeness (QED) is 0.870. The van der Waals surface area contributed by atoms with Crippen LogP contribution >= 0.6 is 0 Å². The molecule has 1 atom stereocenters. The Morgan fingerprint density at radius 2 is 2.26 bits per heavy atom. The molecule has 2 aromatic rings. The summed E-state index contributed by atoms with van der Waals surface area (Å²) in [5.74, 6) is 0.451. The van der Waals surface area contributed by atoms with Crippen molar-refractivity contribution in [3.05, 3.63) is 21.8 Å². The number of hydrogen-bond donors (Lipinski definition) is 1. The van der Waals surface area contributed by atoms with E-state index in [2.05, 4.69) is 15.6 Å². The highest BCUT2D eigenvalue weighted by atomic mass is 16.5. The summed E-state index contributed by atoms with van der Waals surface area (Å²) in [6.45, 7) is 5.02. The van der Waals surface area contributed by atoms with Crippen molar-refractivity contribution in [3.63, 3.8) is 0 Å². The number of nitrogens with zero attached hydrogens (tertiary/aromatic N) is 3. The first-order chi connectivity index (χ1) is 11.1. The zero-order valence-corrected chi connectivity index (χ0v) is 13.3. The van der Waals surface area contributed by atoms with Gasteiger partial charge in [-0.1, -0.05) is 5.16 Å². The van der Waals surface area contributed by atoms with Crippen LogP contribution in [0.5, 0.6) is 0 Å². The molecule has 124 valence electrons. The SMILES string of the molecule is Cc1nn(CCC(=O)NCC2CCCO2)c(=O)c2noc(C)c12. The molecule has 0 bridgehead atoms. The van der Waals surface area contributed by atoms with Crippen molar-refractivity contribution in [3.8, 4) is 0 Å². The Labute approximate surface area is 132 Å². The number of carbonyl (C=O) groups excluding carboxylic acids is 1. The van der Waals surface area contributed by atoms with Crippen molar-refractivity contribution in [2.75, 3.05) is 13.2 Å². The molecule has 0 saturated carbocycles. The summed E-state index contributed by atoms with van der Waals surface area (Å²) in [5.41, 5.74) is 0.585. The molecule has 1 saturated heterocycles. The Kier molecular flexibility index (Phi) is 4.42. The van der Waals surface area contributed by atoms with Gasteiger partial charge in [0, 0.05) is 19.6 Å². The van der Waals surface area contributed by atoms with Gasteiger partial charge >= 0.3 is 0 Å². The Morgan fingerprint density at radius 3 is 3.00 bits per heavy atom. The van der Waals surface area contributed by atoms with Crippen molar-refractivity contribution >= 4 is 16.8 Å². The molecule has 3 heterocycles. The lowest BCUT2D eigenvalue weighted by atomic mass is 10.2. The van der Waals surface area contributed by atoms with Gasteiger partial charge in [-0.25, -0.2) is 4.68 Å². The predicted molar refractivity (Wildman–Crippen MR) is 82.1 cm³/mol. The maximum absolute atomic E-state index is 12.3. The molecule has 8 heteroatoms. The lowest BCUT2D eigenvalue weighted by Gasteiger charge is -2.11. The molecule has 1 fully saturated rings. The molecule has 3 rings (SSSR count). The van der Waals surface area contributed by atoms with Crippen molar-refractivity contribution in [1.29, 1.82) is 0 Å². The van der Waals surface area contributed by atoms with E-state index in [1.165, 1.54) is 4.68 Å². The third-order valence-corrected chi connectivity index (χ3v) is 4.03. The van der Waals surface area contributed by atoms with Crippen molar-refractivity contribution in [1.82, 2.24) is 20.3 Å². The van der Waals surface area contributed by atoms with Gasteiger partial charge in [0.05, 0.1) is 23.7 Å². The van der Waals surface area contributed by atoms with Crippen LogP contribution in [0, 0.1) is 13.8 Å². The van der Waals surface area contributed by atoms with E-state index in [1.54, 1.807) is 13.8 Å². The molecule has 1 N–H and O–H groups in total. The van der Waals surface area contributed by atoms with Crippen LogP contribution in [0.3, 0.4) is 0 Å². The topological polar surface area (TPSA) is 99.2 Å². The van der Waals surface area contributed by atoms with Gasteiger partial charge in [-0.05, 0) is 26.7 Å². The highest BCUT2D eigenvalue weighted by molar-refractivity contribution is 5.81. The number of ether oxygens (including phenoxy) is 1. The minimum absolute atomic E-state index is 0.108. The molecule has 1 amide bonds. The van der Waals surface area contributed by atoms with E-state index >= 15 is 0 Å². The average Bonchev–Trinajstić information content (AvgIpc) is 3.17. The van der Waals surface area contributed by atoms with Gasteiger partial charge in [0.25, 0.3) is 5.56 Å². The van der Waals surface area contributed by atoms with Crippen LogP contribution in [0.2, 0.25) is 0 Å². The van der Waals surface area contributed by atoms with Crippen LogP contribution in [0.25, 0.3) is 10.9 Å². The summed E-state index contributed by atoms with van der Waals surface area (Å²) < 4.78 is 11.8. The number of aromatic nitrogens is 3. The van der Waals surface area contributed by atoms with Crippen LogP contribution < -0.4 is 10.9 Å². The first-order valence-electron chi connectivity index (χ1n) is 7.78. The zero-order chi connectivity index (χ0) is 16.4. The van der Waals surface area contributed by atoms with E-state index < -0.39 is 0 Å². The largest absolute Gasteiger partial charge is 0.376 e. The second-order valence-corrected chi connectivity index (χ2v) is 5.77. The van der Waals surface area contributed by atoms with Crippen molar-refractivity contribution in [2.45, 2.75) is 45.8 Å². The molecule has 0 spiro atoms. The molecule has 1 unspecified atom stereocenters. The van der Waals surface area contributed by atoms with E-state index in [-0.39, 0.29) is 36.1 Å². The predicted octanol–water partition coefficient (Wildman–Crippen LogP) is 0.687. The number of nitrogens with one attached hydrogen (secondary N) is 1. The van der Waals surface area contributed by atoms with Crippen LogP contribution in [0.1, 0.15) is 30.7 Å². The monoisotopic (exact) mass is 320 g/mol. The minimum Gasteiger partial charge on any atom is -0.376 e. The molecule has 1 aliphatic rings. The summed E-state index contributed by atoms with van der Waals surface area (Å²) in [4.78, 5) is 24.2. The maximum Gasteiger partial charge on any atom is 0.296 e. The second kappa shape index (κ2) is 6.49. The Hall–Kier alpha value is -2.22. The molecule has 0 aromatic carbocycles. The number of hydrogen-bond acceptors (Lipinski definition) is 6.